The van der Waals surface area contributed by atoms with Crippen molar-refractivity contribution in [3.05, 3.63) is 0 Å². The maximum absolute atomic E-state index is 12.7. The lowest BCUT2D eigenvalue weighted by atomic mass is 9.81. The molecule has 2 aliphatic rings. The molecule has 2 amide bonds. The topological polar surface area (TPSA) is 86.7 Å². The van der Waals surface area contributed by atoms with Crippen LogP contribution in [-0.4, -0.2) is 51.5 Å². The van der Waals surface area contributed by atoms with Gasteiger partial charge in [0.2, 0.25) is 11.8 Å². The van der Waals surface area contributed by atoms with E-state index in [0.29, 0.717) is 37.3 Å². The van der Waals surface area contributed by atoms with Gasteiger partial charge in [-0.3, -0.25) is 14.4 Å². The molecule has 0 spiro atoms. The first-order valence-corrected chi connectivity index (χ1v) is 9.50. The summed E-state index contributed by atoms with van der Waals surface area (Å²) in [7, 11) is 0. The number of nitrogens with zero attached hydrogens (tertiary/aromatic N) is 1. The molecule has 6 nitrogen and oxygen atoms in total. The van der Waals surface area contributed by atoms with Crippen molar-refractivity contribution in [2.75, 3.05) is 11.6 Å². The minimum Gasteiger partial charge on any atom is -0.481 e. The van der Waals surface area contributed by atoms with Crippen molar-refractivity contribution in [3.8, 4) is 0 Å². The van der Waals surface area contributed by atoms with E-state index in [2.05, 4.69) is 5.32 Å². The van der Waals surface area contributed by atoms with Gasteiger partial charge in [0.25, 0.3) is 0 Å². The summed E-state index contributed by atoms with van der Waals surface area (Å²) in [5.74, 6) is -0.0902. The van der Waals surface area contributed by atoms with Crippen molar-refractivity contribution in [3.63, 3.8) is 0 Å². The molecule has 0 aromatic heterocycles. The summed E-state index contributed by atoms with van der Waals surface area (Å²) in [6.07, 6.45) is 3.18. The van der Waals surface area contributed by atoms with Crippen molar-refractivity contribution < 1.29 is 19.5 Å². The molecular formula is C16H26N2O4S. The summed E-state index contributed by atoms with van der Waals surface area (Å²) < 4.78 is 0. The Morgan fingerprint density at radius 3 is 2.39 bits per heavy atom. The lowest BCUT2D eigenvalue weighted by Crippen LogP contribution is -2.51. The predicted octanol–water partition coefficient (Wildman–Crippen LogP) is 1.69. The molecule has 1 saturated heterocycles. The van der Waals surface area contributed by atoms with Crippen LogP contribution in [0.5, 0.6) is 0 Å². The van der Waals surface area contributed by atoms with Crippen LogP contribution in [-0.2, 0) is 14.4 Å². The van der Waals surface area contributed by atoms with Gasteiger partial charge in [-0.15, -0.1) is 11.8 Å². The summed E-state index contributed by atoms with van der Waals surface area (Å²) >= 11 is 1.60. The Labute approximate surface area is 141 Å². The van der Waals surface area contributed by atoms with Crippen molar-refractivity contribution in [1.82, 2.24) is 10.2 Å². The second kappa shape index (κ2) is 8.04. The predicted molar refractivity (Wildman–Crippen MR) is 88.9 cm³/mol. The van der Waals surface area contributed by atoms with Gasteiger partial charge < -0.3 is 15.3 Å². The molecule has 0 radical (unpaired) electrons. The van der Waals surface area contributed by atoms with Crippen LogP contribution in [0.15, 0.2) is 0 Å². The van der Waals surface area contributed by atoms with Crippen LogP contribution in [0.1, 0.15) is 46.0 Å². The molecule has 0 aromatic carbocycles. The molecule has 2 atom stereocenters. The molecule has 1 saturated carbocycles. The Morgan fingerprint density at radius 2 is 1.83 bits per heavy atom. The Bertz CT molecular complexity index is 463. The third-order valence-electron chi connectivity index (χ3n) is 4.89. The first-order chi connectivity index (χ1) is 10.9. The molecule has 0 aromatic rings. The Hall–Kier alpha value is -1.24. The van der Waals surface area contributed by atoms with Crippen LogP contribution >= 0.6 is 11.8 Å². The number of amides is 2. The van der Waals surface area contributed by atoms with Gasteiger partial charge in [0, 0.05) is 17.7 Å². The summed E-state index contributed by atoms with van der Waals surface area (Å²) in [5.41, 5.74) is 0. The van der Waals surface area contributed by atoms with Gasteiger partial charge in [-0.25, -0.2) is 0 Å². The monoisotopic (exact) mass is 342 g/mol. The average molecular weight is 342 g/mol. The first kappa shape index (κ1) is 18.1. The number of carboxylic acids is 1. The Balaban J connectivity index is 1.93. The molecule has 130 valence electrons. The largest absolute Gasteiger partial charge is 0.481 e. The number of hydrogen-bond acceptors (Lipinski definition) is 4. The molecule has 7 heteroatoms. The number of carbonyl (C=O) groups excluding carboxylic acids is 2. The fourth-order valence-electron chi connectivity index (χ4n) is 3.14. The number of hydrogen-bond donors (Lipinski definition) is 2. The molecular weight excluding hydrogens is 316 g/mol. The minimum atomic E-state index is -0.765. The molecule has 2 fully saturated rings. The number of carboxylic acid groups (broad SMARTS) is 1. The highest BCUT2D eigenvalue weighted by Crippen LogP contribution is 2.32. The van der Waals surface area contributed by atoms with Crippen LogP contribution in [0.3, 0.4) is 0 Å². The molecule has 2 unspecified atom stereocenters. The van der Waals surface area contributed by atoms with E-state index >= 15 is 0 Å². The normalized spacial score (nSPS) is 29.1. The highest BCUT2D eigenvalue weighted by molar-refractivity contribution is 7.99. The summed E-state index contributed by atoms with van der Waals surface area (Å²) in [6, 6.07) is -0.283. The molecule has 2 rings (SSSR count). The highest BCUT2D eigenvalue weighted by atomic mass is 32.2. The molecule has 1 aliphatic carbocycles. The number of nitrogens with one attached hydrogen (secondary N) is 1. The lowest BCUT2D eigenvalue weighted by molar-refractivity contribution is -0.146. The van der Waals surface area contributed by atoms with E-state index in [1.54, 1.807) is 16.7 Å². The van der Waals surface area contributed by atoms with Gasteiger partial charge in [0.15, 0.2) is 0 Å². The van der Waals surface area contributed by atoms with Crippen LogP contribution < -0.4 is 5.32 Å². The fraction of sp³-hybridized carbons (Fsp3) is 0.812. The number of carbonyl (C=O) groups is 3. The lowest BCUT2D eigenvalue weighted by Gasteiger charge is -2.31. The summed E-state index contributed by atoms with van der Waals surface area (Å²) in [4.78, 5) is 37.8. The van der Waals surface area contributed by atoms with E-state index in [-0.39, 0.29) is 29.7 Å². The zero-order valence-electron chi connectivity index (χ0n) is 13.8. The molecule has 1 aliphatic heterocycles. The van der Waals surface area contributed by atoms with Crippen molar-refractivity contribution in [2.45, 2.75) is 58.0 Å². The summed E-state index contributed by atoms with van der Waals surface area (Å²) in [6.45, 7) is 3.97. The van der Waals surface area contributed by atoms with Gasteiger partial charge >= 0.3 is 5.97 Å². The number of aliphatic carboxylic acids is 1. The second-order valence-electron chi connectivity index (χ2n) is 6.53. The standard InChI is InChI=1S/C16H26N2O4S/c1-3-10(2)17-14(19)13-8-23-9-18(13)15(20)11-4-6-12(7-5-11)16(21)22/h10-13H,3-9H2,1-2H3,(H,17,19)(H,21,22). The molecule has 23 heavy (non-hydrogen) atoms. The Kier molecular flexibility index (Phi) is 6.33. The molecule has 0 bridgehead atoms. The van der Waals surface area contributed by atoms with Gasteiger partial charge in [-0.2, -0.15) is 0 Å². The van der Waals surface area contributed by atoms with Gasteiger partial charge in [-0.1, -0.05) is 6.92 Å². The van der Waals surface area contributed by atoms with E-state index < -0.39 is 12.0 Å². The van der Waals surface area contributed by atoms with Gasteiger partial charge in [0.05, 0.1) is 11.8 Å². The van der Waals surface area contributed by atoms with E-state index in [0.717, 1.165) is 6.42 Å². The smallest absolute Gasteiger partial charge is 0.306 e. The van der Waals surface area contributed by atoms with Crippen LogP contribution in [0.4, 0.5) is 0 Å². The van der Waals surface area contributed by atoms with Gasteiger partial charge in [0.1, 0.15) is 6.04 Å². The number of rotatable bonds is 5. The molecule has 2 N–H and O–H groups in total. The average Bonchev–Trinajstić information content (AvgIpc) is 3.03. The quantitative estimate of drug-likeness (QED) is 0.794. The van der Waals surface area contributed by atoms with Gasteiger partial charge in [-0.05, 0) is 39.0 Å². The Morgan fingerprint density at radius 1 is 1.22 bits per heavy atom. The third-order valence-corrected chi connectivity index (χ3v) is 5.91. The SMILES string of the molecule is CCC(C)NC(=O)C1CSCN1C(=O)C1CCC(C(=O)O)CC1. The maximum atomic E-state index is 12.7. The zero-order chi connectivity index (χ0) is 17.0. The van der Waals surface area contributed by atoms with E-state index in [9.17, 15) is 14.4 Å². The highest BCUT2D eigenvalue weighted by Gasteiger charge is 2.39. The summed E-state index contributed by atoms with van der Waals surface area (Å²) in [5, 5.41) is 12.0. The van der Waals surface area contributed by atoms with Crippen LogP contribution in [0, 0.1) is 11.8 Å². The zero-order valence-corrected chi connectivity index (χ0v) is 14.6. The third kappa shape index (κ3) is 4.40. The second-order valence-corrected chi connectivity index (χ2v) is 7.53. The van der Waals surface area contributed by atoms with E-state index in [1.165, 1.54) is 0 Å². The van der Waals surface area contributed by atoms with Crippen molar-refractivity contribution in [1.29, 1.82) is 0 Å². The molecule has 1 heterocycles. The van der Waals surface area contributed by atoms with E-state index in [1.807, 2.05) is 13.8 Å². The number of thioether (sulfide) groups is 1. The van der Waals surface area contributed by atoms with Crippen molar-refractivity contribution in [2.24, 2.45) is 11.8 Å². The fourth-order valence-corrected chi connectivity index (χ4v) is 4.30. The maximum Gasteiger partial charge on any atom is 0.306 e. The minimum absolute atomic E-state index is 0.0168. The van der Waals surface area contributed by atoms with E-state index in [4.69, 9.17) is 5.11 Å². The van der Waals surface area contributed by atoms with Crippen molar-refractivity contribution >= 4 is 29.5 Å². The van der Waals surface area contributed by atoms with Crippen LogP contribution in [0.2, 0.25) is 0 Å². The first-order valence-electron chi connectivity index (χ1n) is 8.35. The van der Waals surface area contributed by atoms with Crippen LogP contribution in [0.25, 0.3) is 0 Å².